The van der Waals surface area contributed by atoms with Crippen LogP contribution in [0.3, 0.4) is 0 Å². The molecule has 0 aliphatic rings. The molecule has 72 valence electrons. The molecule has 1 N–H and O–H groups in total. The monoisotopic (exact) mass is 270 g/mol. The van der Waals surface area contributed by atoms with E-state index in [0.717, 1.165) is 20.1 Å². The van der Waals surface area contributed by atoms with E-state index in [1.807, 2.05) is 19.1 Å². The molecule has 0 aliphatic carbocycles. The first-order valence-electron chi connectivity index (χ1n) is 4.01. The van der Waals surface area contributed by atoms with Crippen molar-refractivity contribution in [3.05, 3.63) is 33.1 Å². The van der Waals surface area contributed by atoms with E-state index in [1.165, 1.54) is 11.3 Å². The molecule has 0 aliphatic heterocycles. The van der Waals surface area contributed by atoms with Gasteiger partial charge in [0.2, 0.25) is 0 Å². The van der Waals surface area contributed by atoms with Gasteiger partial charge in [0.05, 0.1) is 0 Å². The first kappa shape index (κ1) is 9.68. The van der Waals surface area contributed by atoms with Crippen LogP contribution in [0.2, 0.25) is 0 Å². The molecule has 14 heavy (non-hydrogen) atoms. The molecule has 1 aromatic carbocycles. The molecule has 0 radical (unpaired) electrons. The molecule has 2 nitrogen and oxygen atoms in total. The average molecular weight is 271 g/mol. The topological polar surface area (TPSA) is 37.3 Å². The second-order valence-electron chi connectivity index (χ2n) is 3.08. The van der Waals surface area contributed by atoms with Gasteiger partial charge in [-0.2, -0.15) is 0 Å². The molecule has 0 saturated heterocycles. The van der Waals surface area contributed by atoms with Crippen molar-refractivity contribution in [3.63, 3.8) is 0 Å². The molecule has 0 bridgehead atoms. The number of aromatic carboxylic acids is 1. The maximum absolute atomic E-state index is 10.8. The van der Waals surface area contributed by atoms with Crippen molar-refractivity contribution < 1.29 is 9.90 Å². The summed E-state index contributed by atoms with van der Waals surface area (Å²) in [5.41, 5.74) is 1.12. The minimum atomic E-state index is -0.865. The Hall–Kier alpha value is -0.870. The third-order valence-corrected chi connectivity index (χ3v) is 3.99. The zero-order chi connectivity index (χ0) is 10.3. The summed E-state index contributed by atoms with van der Waals surface area (Å²) in [4.78, 5) is 11.1. The van der Waals surface area contributed by atoms with Gasteiger partial charge in [-0.25, -0.2) is 4.79 Å². The van der Waals surface area contributed by atoms with Crippen molar-refractivity contribution >= 4 is 43.3 Å². The summed E-state index contributed by atoms with van der Waals surface area (Å²) in [5.74, 6) is -0.865. The predicted octanol–water partition coefficient (Wildman–Crippen LogP) is 3.67. The van der Waals surface area contributed by atoms with Gasteiger partial charge in [-0.1, -0.05) is 6.07 Å². The van der Waals surface area contributed by atoms with Crippen LogP contribution in [0.4, 0.5) is 0 Å². The van der Waals surface area contributed by atoms with E-state index in [9.17, 15) is 4.79 Å². The summed E-state index contributed by atoms with van der Waals surface area (Å²) >= 11 is 4.72. The van der Waals surface area contributed by atoms with E-state index < -0.39 is 5.97 Å². The lowest BCUT2D eigenvalue weighted by molar-refractivity contribution is 0.0702. The molecular formula is C10H7BrO2S. The highest BCUT2D eigenvalue weighted by Gasteiger charge is 2.10. The molecule has 0 amide bonds. The third-order valence-electron chi connectivity index (χ3n) is 1.93. The highest BCUT2D eigenvalue weighted by molar-refractivity contribution is 9.10. The highest BCUT2D eigenvalue weighted by Crippen LogP contribution is 2.33. The summed E-state index contributed by atoms with van der Waals surface area (Å²) in [6.07, 6.45) is 0. The maximum Gasteiger partial charge on any atom is 0.345 e. The lowest BCUT2D eigenvalue weighted by Gasteiger charge is -1.95. The number of carboxylic acids is 1. The van der Waals surface area contributed by atoms with E-state index in [2.05, 4.69) is 15.9 Å². The van der Waals surface area contributed by atoms with Crippen LogP contribution >= 0.6 is 27.3 Å². The van der Waals surface area contributed by atoms with Crippen molar-refractivity contribution in [1.82, 2.24) is 0 Å². The molecule has 4 heteroatoms. The number of fused-ring (bicyclic) bond motifs is 1. The number of carbonyl (C=O) groups is 1. The zero-order valence-electron chi connectivity index (χ0n) is 7.37. The summed E-state index contributed by atoms with van der Waals surface area (Å²) in [7, 11) is 0. The Morgan fingerprint density at radius 3 is 2.79 bits per heavy atom. The van der Waals surface area contributed by atoms with Gasteiger partial charge in [0.1, 0.15) is 4.88 Å². The van der Waals surface area contributed by atoms with Crippen LogP contribution in [0.15, 0.2) is 22.7 Å². The summed E-state index contributed by atoms with van der Waals surface area (Å²) in [6, 6.07) is 5.69. The molecule has 0 spiro atoms. The van der Waals surface area contributed by atoms with Crippen molar-refractivity contribution in [2.75, 3.05) is 0 Å². The Morgan fingerprint density at radius 1 is 1.43 bits per heavy atom. The van der Waals surface area contributed by atoms with Crippen molar-refractivity contribution in [2.45, 2.75) is 6.92 Å². The third kappa shape index (κ3) is 1.55. The first-order chi connectivity index (χ1) is 6.58. The number of benzene rings is 1. The Morgan fingerprint density at radius 2 is 2.14 bits per heavy atom. The van der Waals surface area contributed by atoms with E-state index in [4.69, 9.17) is 5.11 Å². The van der Waals surface area contributed by atoms with Gasteiger partial charge in [0.25, 0.3) is 0 Å². The standard InChI is InChI=1S/C10H7BrO2S/c1-5-2-6-4-8(10(12)13)14-9(6)7(11)3-5/h2-4H,1H3,(H,12,13). The fourth-order valence-corrected chi connectivity index (χ4v) is 3.07. The maximum atomic E-state index is 10.8. The molecule has 0 unspecified atom stereocenters. The lowest BCUT2D eigenvalue weighted by Crippen LogP contribution is -1.89. The molecular weight excluding hydrogens is 264 g/mol. The van der Waals surface area contributed by atoms with Crippen LogP contribution in [-0.2, 0) is 0 Å². The Labute approximate surface area is 93.3 Å². The van der Waals surface area contributed by atoms with E-state index in [0.29, 0.717) is 4.88 Å². The van der Waals surface area contributed by atoms with Crippen LogP contribution in [0.1, 0.15) is 15.2 Å². The molecule has 2 rings (SSSR count). The number of hydrogen-bond acceptors (Lipinski definition) is 2. The van der Waals surface area contributed by atoms with Crippen LogP contribution in [0, 0.1) is 6.92 Å². The number of halogens is 1. The van der Waals surface area contributed by atoms with Crippen molar-refractivity contribution in [1.29, 1.82) is 0 Å². The Bertz CT molecular complexity index is 516. The quantitative estimate of drug-likeness (QED) is 0.859. The minimum absolute atomic E-state index is 0.381. The molecule has 0 fully saturated rings. The van der Waals surface area contributed by atoms with Crippen molar-refractivity contribution in [2.24, 2.45) is 0 Å². The second-order valence-corrected chi connectivity index (χ2v) is 4.99. The smallest absolute Gasteiger partial charge is 0.345 e. The minimum Gasteiger partial charge on any atom is -0.477 e. The Kier molecular flexibility index (Phi) is 2.33. The van der Waals surface area contributed by atoms with Crippen LogP contribution < -0.4 is 0 Å². The summed E-state index contributed by atoms with van der Waals surface area (Å²) in [5, 5.41) is 9.83. The summed E-state index contributed by atoms with van der Waals surface area (Å²) in [6.45, 7) is 1.99. The number of thiophene rings is 1. The largest absolute Gasteiger partial charge is 0.477 e. The van der Waals surface area contributed by atoms with Gasteiger partial charge in [-0.15, -0.1) is 11.3 Å². The molecule has 0 atom stereocenters. The van der Waals surface area contributed by atoms with Gasteiger partial charge in [0, 0.05) is 9.17 Å². The molecule has 1 heterocycles. The van der Waals surface area contributed by atoms with Gasteiger partial charge < -0.3 is 5.11 Å². The molecule has 2 aromatic rings. The molecule has 1 aromatic heterocycles. The van der Waals surface area contributed by atoms with Crippen LogP contribution in [0.5, 0.6) is 0 Å². The fraction of sp³-hybridized carbons (Fsp3) is 0.100. The van der Waals surface area contributed by atoms with Gasteiger partial charge in [-0.05, 0) is 45.9 Å². The van der Waals surface area contributed by atoms with Crippen molar-refractivity contribution in [3.8, 4) is 0 Å². The number of hydrogen-bond donors (Lipinski definition) is 1. The average Bonchev–Trinajstić information content (AvgIpc) is 2.47. The second kappa shape index (κ2) is 3.37. The fourth-order valence-electron chi connectivity index (χ4n) is 1.36. The van der Waals surface area contributed by atoms with Gasteiger partial charge in [0.15, 0.2) is 0 Å². The first-order valence-corrected chi connectivity index (χ1v) is 5.62. The number of carboxylic acid groups (broad SMARTS) is 1. The number of aryl methyl sites for hydroxylation is 1. The Balaban J connectivity index is 2.76. The predicted molar refractivity (Wildman–Crippen MR) is 61.2 cm³/mol. The zero-order valence-corrected chi connectivity index (χ0v) is 9.78. The van der Waals surface area contributed by atoms with Crippen LogP contribution in [-0.4, -0.2) is 11.1 Å². The van der Waals surface area contributed by atoms with Gasteiger partial charge in [-0.3, -0.25) is 0 Å². The van der Waals surface area contributed by atoms with Gasteiger partial charge >= 0.3 is 5.97 Å². The molecule has 0 saturated carbocycles. The van der Waals surface area contributed by atoms with E-state index >= 15 is 0 Å². The van der Waals surface area contributed by atoms with E-state index in [1.54, 1.807) is 6.07 Å². The normalized spacial score (nSPS) is 10.7. The lowest BCUT2D eigenvalue weighted by atomic mass is 10.2. The van der Waals surface area contributed by atoms with Crippen LogP contribution in [0.25, 0.3) is 10.1 Å². The SMILES string of the molecule is Cc1cc(Br)c2sc(C(=O)O)cc2c1. The highest BCUT2D eigenvalue weighted by atomic mass is 79.9. The number of rotatable bonds is 1. The summed E-state index contributed by atoms with van der Waals surface area (Å²) < 4.78 is 1.96. The van der Waals surface area contributed by atoms with E-state index in [-0.39, 0.29) is 0 Å².